The zero-order valence-electron chi connectivity index (χ0n) is 8.42. The molecule has 1 aromatic carbocycles. The summed E-state index contributed by atoms with van der Waals surface area (Å²) in [6, 6.07) is 6.27. The van der Waals surface area contributed by atoms with Gasteiger partial charge in [-0.2, -0.15) is 0 Å². The molecule has 0 unspecified atom stereocenters. The van der Waals surface area contributed by atoms with Crippen LogP contribution >= 0.6 is 0 Å². The van der Waals surface area contributed by atoms with Crippen molar-refractivity contribution in [1.29, 1.82) is 0 Å². The Hall–Kier alpha value is -1.26. The molecule has 0 aromatic heterocycles. The normalized spacial score (nSPS) is 19.9. The van der Waals surface area contributed by atoms with Crippen LogP contribution in [0.3, 0.4) is 0 Å². The lowest BCUT2D eigenvalue weighted by Gasteiger charge is -2.23. The molecular formula is C13H14O. The number of terminal acetylenes is 1. The number of methoxy groups -OCH3 is 1. The highest BCUT2D eigenvalue weighted by Gasteiger charge is 2.17. The van der Waals surface area contributed by atoms with Crippen molar-refractivity contribution in [1.82, 2.24) is 0 Å². The van der Waals surface area contributed by atoms with Gasteiger partial charge in [-0.1, -0.05) is 12.0 Å². The van der Waals surface area contributed by atoms with Gasteiger partial charge in [-0.25, -0.2) is 0 Å². The Morgan fingerprint density at radius 3 is 3.00 bits per heavy atom. The molecule has 0 saturated heterocycles. The van der Waals surface area contributed by atoms with E-state index in [-0.39, 0.29) is 0 Å². The Morgan fingerprint density at radius 1 is 1.43 bits per heavy atom. The van der Waals surface area contributed by atoms with E-state index in [4.69, 9.17) is 11.2 Å². The second-order valence-corrected chi connectivity index (χ2v) is 3.73. The highest BCUT2D eigenvalue weighted by Crippen LogP contribution is 2.23. The summed E-state index contributed by atoms with van der Waals surface area (Å²) in [4.78, 5) is 0. The van der Waals surface area contributed by atoms with Crippen molar-refractivity contribution in [2.75, 3.05) is 7.11 Å². The van der Waals surface area contributed by atoms with Crippen LogP contribution < -0.4 is 0 Å². The van der Waals surface area contributed by atoms with Gasteiger partial charge in [-0.05, 0) is 42.5 Å². The van der Waals surface area contributed by atoms with Gasteiger partial charge in [0, 0.05) is 12.7 Å². The molecule has 0 aliphatic heterocycles. The first-order valence-electron chi connectivity index (χ1n) is 4.94. The van der Waals surface area contributed by atoms with E-state index < -0.39 is 0 Å². The van der Waals surface area contributed by atoms with Gasteiger partial charge in [0.05, 0.1) is 6.10 Å². The Kier molecular flexibility index (Phi) is 2.56. The molecule has 1 aliphatic rings. The molecule has 1 nitrogen and oxygen atoms in total. The number of fused-ring (bicyclic) bond motifs is 1. The molecular weight excluding hydrogens is 172 g/mol. The first-order valence-corrected chi connectivity index (χ1v) is 4.94. The molecule has 1 aliphatic carbocycles. The maximum absolute atomic E-state index is 5.36. The second kappa shape index (κ2) is 3.86. The Labute approximate surface area is 85.1 Å². The van der Waals surface area contributed by atoms with Gasteiger partial charge in [-0.15, -0.1) is 6.42 Å². The first-order chi connectivity index (χ1) is 6.83. The summed E-state index contributed by atoms with van der Waals surface area (Å²) in [5.74, 6) is 2.67. The third-order valence-electron chi connectivity index (χ3n) is 2.89. The van der Waals surface area contributed by atoms with Crippen LogP contribution in [0.4, 0.5) is 0 Å². The molecule has 2 rings (SSSR count). The van der Waals surface area contributed by atoms with Crippen molar-refractivity contribution in [3.8, 4) is 12.3 Å². The summed E-state index contributed by atoms with van der Waals surface area (Å²) in [6.07, 6.45) is 8.97. The van der Waals surface area contributed by atoms with Crippen molar-refractivity contribution in [2.45, 2.75) is 25.4 Å². The lowest BCUT2D eigenvalue weighted by molar-refractivity contribution is 0.0911. The monoisotopic (exact) mass is 186 g/mol. The predicted octanol–water partition coefficient (Wildman–Crippen LogP) is 2.17. The average molecular weight is 186 g/mol. The smallest absolute Gasteiger partial charge is 0.0614 e. The fourth-order valence-corrected chi connectivity index (χ4v) is 2.01. The van der Waals surface area contributed by atoms with Crippen LogP contribution in [0.15, 0.2) is 18.2 Å². The van der Waals surface area contributed by atoms with Gasteiger partial charge in [-0.3, -0.25) is 0 Å². The van der Waals surface area contributed by atoms with Crippen LogP contribution in [0.1, 0.15) is 23.1 Å². The van der Waals surface area contributed by atoms with E-state index in [0.29, 0.717) is 6.10 Å². The molecule has 0 fully saturated rings. The highest BCUT2D eigenvalue weighted by atomic mass is 16.5. The van der Waals surface area contributed by atoms with E-state index in [1.165, 1.54) is 11.1 Å². The van der Waals surface area contributed by atoms with Crippen LogP contribution in [-0.2, 0) is 17.6 Å². The van der Waals surface area contributed by atoms with Crippen LogP contribution in [-0.4, -0.2) is 13.2 Å². The molecule has 14 heavy (non-hydrogen) atoms. The van der Waals surface area contributed by atoms with E-state index in [2.05, 4.69) is 18.1 Å². The Balaban J connectivity index is 2.29. The molecule has 0 heterocycles. The van der Waals surface area contributed by atoms with Gasteiger partial charge < -0.3 is 4.74 Å². The lowest BCUT2D eigenvalue weighted by Crippen LogP contribution is -2.21. The van der Waals surface area contributed by atoms with Gasteiger partial charge >= 0.3 is 0 Å². The van der Waals surface area contributed by atoms with E-state index >= 15 is 0 Å². The highest BCUT2D eigenvalue weighted by molar-refractivity contribution is 5.41. The van der Waals surface area contributed by atoms with Crippen LogP contribution in [0.25, 0.3) is 0 Å². The molecule has 1 heteroatoms. The van der Waals surface area contributed by atoms with E-state index in [1.54, 1.807) is 7.11 Å². The van der Waals surface area contributed by atoms with Gasteiger partial charge in [0.1, 0.15) is 0 Å². The van der Waals surface area contributed by atoms with Gasteiger partial charge in [0.2, 0.25) is 0 Å². The molecule has 0 bridgehead atoms. The molecule has 0 radical (unpaired) electrons. The Morgan fingerprint density at radius 2 is 2.29 bits per heavy atom. The average Bonchev–Trinajstić information content (AvgIpc) is 2.27. The molecule has 0 spiro atoms. The molecule has 0 N–H and O–H groups in total. The second-order valence-electron chi connectivity index (χ2n) is 3.73. The first kappa shape index (κ1) is 9.30. The largest absolute Gasteiger partial charge is 0.381 e. The Bertz CT molecular complexity index is 373. The fraction of sp³-hybridized carbons (Fsp3) is 0.385. The molecule has 1 aromatic rings. The quantitative estimate of drug-likeness (QED) is 0.611. The predicted molar refractivity (Wildman–Crippen MR) is 57.2 cm³/mol. The van der Waals surface area contributed by atoms with E-state index in [1.807, 2.05) is 6.07 Å². The van der Waals surface area contributed by atoms with Crippen molar-refractivity contribution < 1.29 is 4.74 Å². The number of benzene rings is 1. The minimum atomic E-state index is 0.388. The summed E-state index contributed by atoms with van der Waals surface area (Å²) in [7, 11) is 1.78. The number of ether oxygens (including phenoxy) is 1. The van der Waals surface area contributed by atoms with Crippen LogP contribution in [0.5, 0.6) is 0 Å². The minimum absolute atomic E-state index is 0.388. The molecule has 72 valence electrons. The number of hydrogen-bond donors (Lipinski definition) is 0. The molecule has 0 saturated carbocycles. The summed E-state index contributed by atoms with van der Waals surface area (Å²) < 4.78 is 5.36. The third kappa shape index (κ3) is 1.66. The maximum atomic E-state index is 5.36. The van der Waals surface area contributed by atoms with Crippen LogP contribution in [0.2, 0.25) is 0 Å². The zero-order valence-corrected chi connectivity index (χ0v) is 8.42. The fourth-order valence-electron chi connectivity index (χ4n) is 2.01. The summed E-state index contributed by atoms with van der Waals surface area (Å²) in [5, 5.41) is 0. The standard InChI is InChI=1S/C13H14O/c1-3-10-4-5-12-9-13(14-2)7-6-11(12)8-10/h1,4-5,8,13H,6-7,9H2,2H3/t13-/m1/s1. The van der Waals surface area contributed by atoms with E-state index in [0.717, 1.165) is 24.8 Å². The van der Waals surface area contributed by atoms with Crippen molar-refractivity contribution in [2.24, 2.45) is 0 Å². The van der Waals surface area contributed by atoms with E-state index in [9.17, 15) is 0 Å². The molecule has 1 atom stereocenters. The van der Waals surface area contributed by atoms with Crippen LogP contribution in [0, 0.1) is 12.3 Å². The number of aryl methyl sites for hydroxylation is 1. The van der Waals surface area contributed by atoms with Crippen molar-refractivity contribution >= 4 is 0 Å². The zero-order chi connectivity index (χ0) is 9.97. The molecule has 0 amide bonds. The third-order valence-corrected chi connectivity index (χ3v) is 2.89. The topological polar surface area (TPSA) is 9.23 Å². The maximum Gasteiger partial charge on any atom is 0.0614 e. The summed E-state index contributed by atoms with van der Waals surface area (Å²) in [5.41, 5.74) is 3.77. The minimum Gasteiger partial charge on any atom is -0.381 e. The van der Waals surface area contributed by atoms with Gasteiger partial charge in [0.25, 0.3) is 0 Å². The lowest BCUT2D eigenvalue weighted by atomic mass is 9.88. The van der Waals surface area contributed by atoms with Crippen molar-refractivity contribution in [3.05, 3.63) is 34.9 Å². The van der Waals surface area contributed by atoms with Gasteiger partial charge in [0.15, 0.2) is 0 Å². The number of rotatable bonds is 1. The summed E-state index contributed by atoms with van der Waals surface area (Å²) in [6.45, 7) is 0. The van der Waals surface area contributed by atoms with Crippen molar-refractivity contribution in [3.63, 3.8) is 0 Å². The summed E-state index contributed by atoms with van der Waals surface area (Å²) >= 11 is 0. The SMILES string of the molecule is C#Cc1ccc2c(c1)CC[C@@H](OC)C2. The number of hydrogen-bond acceptors (Lipinski definition) is 1.